The second-order valence-corrected chi connectivity index (χ2v) is 5.99. The minimum Gasteiger partial charge on any atom is -0.383 e. The lowest BCUT2D eigenvalue weighted by Crippen LogP contribution is -2.42. The molecule has 0 radical (unpaired) electrons. The minimum absolute atomic E-state index is 0.0782. The van der Waals surface area contributed by atoms with Crippen molar-refractivity contribution in [3.63, 3.8) is 0 Å². The summed E-state index contributed by atoms with van der Waals surface area (Å²) in [6.07, 6.45) is 2.26. The van der Waals surface area contributed by atoms with Gasteiger partial charge in [0.25, 0.3) is 0 Å². The molecular formula is C15H28N4O3. The Balaban J connectivity index is 1.86. The third-order valence-electron chi connectivity index (χ3n) is 4.26. The van der Waals surface area contributed by atoms with Crippen molar-refractivity contribution in [2.75, 3.05) is 59.7 Å². The van der Waals surface area contributed by atoms with E-state index in [1.165, 1.54) is 0 Å². The molecule has 0 saturated carbocycles. The van der Waals surface area contributed by atoms with Crippen molar-refractivity contribution in [1.29, 1.82) is 0 Å². The van der Waals surface area contributed by atoms with Gasteiger partial charge in [0.05, 0.1) is 13.2 Å². The van der Waals surface area contributed by atoms with E-state index in [0.717, 1.165) is 51.6 Å². The summed E-state index contributed by atoms with van der Waals surface area (Å²) in [6.45, 7) is 7.67. The van der Waals surface area contributed by atoms with Gasteiger partial charge in [-0.3, -0.25) is 4.79 Å². The molecule has 7 heteroatoms. The minimum atomic E-state index is -0.0782. The van der Waals surface area contributed by atoms with E-state index in [4.69, 9.17) is 9.47 Å². The maximum atomic E-state index is 11.8. The van der Waals surface area contributed by atoms with Gasteiger partial charge in [0.1, 0.15) is 6.54 Å². The molecule has 2 fully saturated rings. The van der Waals surface area contributed by atoms with Crippen LogP contribution in [0.2, 0.25) is 0 Å². The number of aliphatic imine (C=N–C) groups is 1. The van der Waals surface area contributed by atoms with Crippen molar-refractivity contribution in [1.82, 2.24) is 15.5 Å². The number of nitrogens with one attached hydrogen (secondary N) is 2. The summed E-state index contributed by atoms with van der Waals surface area (Å²) in [5.74, 6) is 0.749. The molecule has 0 aromatic heterocycles. The van der Waals surface area contributed by atoms with E-state index >= 15 is 0 Å². The first-order valence-electron chi connectivity index (χ1n) is 8.06. The fraction of sp³-hybridized carbons (Fsp3) is 0.867. The zero-order valence-corrected chi connectivity index (χ0v) is 13.7. The van der Waals surface area contributed by atoms with Gasteiger partial charge in [-0.15, -0.1) is 0 Å². The number of carbonyl (C=O) groups is 1. The molecule has 2 heterocycles. The van der Waals surface area contributed by atoms with Crippen LogP contribution in [0, 0.1) is 5.41 Å². The van der Waals surface area contributed by atoms with Crippen LogP contribution in [0.5, 0.6) is 0 Å². The Morgan fingerprint density at radius 2 is 2.27 bits per heavy atom. The van der Waals surface area contributed by atoms with E-state index in [-0.39, 0.29) is 17.9 Å². The predicted octanol–water partition coefficient (Wildman–Crippen LogP) is -0.173. The summed E-state index contributed by atoms with van der Waals surface area (Å²) in [7, 11) is 1.61. The van der Waals surface area contributed by atoms with Gasteiger partial charge in [-0.05, 0) is 19.8 Å². The van der Waals surface area contributed by atoms with Crippen LogP contribution in [0.15, 0.2) is 4.99 Å². The average molecular weight is 312 g/mol. The van der Waals surface area contributed by atoms with Crippen LogP contribution in [0.3, 0.4) is 0 Å². The molecule has 0 bridgehead atoms. The standard InChI is InChI=1S/C15H28N4O3/c1-3-16-14(18-10-13(20)17-6-9-21-2)19-7-4-15(11-19)5-8-22-12-15/h3-12H2,1-2H3,(H,16,18)(H,17,20). The third kappa shape index (κ3) is 4.58. The van der Waals surface area contributed by atoms with Gasteiger partial charge in [-0.2, -0.15) is 0 Å². The Morgan fingerprint density at radius 3 is 2.95 bits per heavy atom. The first-order valence-corrected chi connectivity index (χ1v) is 8.06. The zero-order chi connectivity index (χ0) is 15.8. The lowest BCUT2D eigenvalue weighted by Gasteiger charge is -2.24. The molecule has 2 saturated heterocycles. The molecule has 22 heavy (non-hydrogen) atoms. The van der Waals surface area contributed by atoms with Crippen molar-refractivity contribution in [2.45, 2.75) is 19.8 Å². The topological polar surface area (TPSA) is 75.2 Å². The molecule has 7 nitrogen and oxygen atoms in total. The summed E-state index contributed by atoms with van der Waals surface area (Å²) in [5, 5.41) is 6.07. The Bertz CT molecular complexity index is 394. The fourth-order valence-corrected chi connectivity index (χ4v) is 3.01. The molecule has 0 aliphatic carbocycles. The van der Waals surface area contributed by atoms with E-state index in [9.17, 15) is 4.79 Å². The van der Waals surface area contributed by atoms with Crippen molar-refractivity contribution >= 4 is 11.9 Å². The van der Waals surface area contributed by atoms with Gasteiger partial charge < -0.3 is 25.0 Å². The second kappa shape index (κ2) is 8.33. The first kappa shape index (κ1) is 17.0. The maximum absolute atomic E-state index is 11.8. The van der Waals surface area contributed by atoms with E-state index in [1.54, 1.807) is 7.11 Å². The quantitative estimate of drug-likeness (QED) is 0.404. The van der Waals surface area contributed by atoms with Crippen molar-refractivity contribution < 1.29 is 14.3 Å². The number of methoxy groups -OCH3 is 1. The number of ether oxygens (including phenoxy) is 2. The Hall–Kier alpha value is -1.34. The van der Waals surface area contributed by atoms with E-state index in [2.05, 4.69) is 20.5 Å². The van der Waals surface area contributed by atoms with Gasteiger partial charge in [0.15, 0.2) is 5.96 Å². The monoisotopic (exact) mass is 312 g/mol. The number of rotatable bonds is 6. The van der Waals surface area contributed by atoms with Crippen molar-refractivity contribution in [2.24, 2.45) is 10.4 Å². The molecule has 2 aliphatic heterocycles. The number of hydrogen-bond donors (Lipinski definition) is 2. The second-order valence-electron chi connectivity index (χ2n) is 5.99. The average Bonchev–Trinajstić information content (AvgIpc) is 3.14. The van der Waals surface area contributed by atoms with Gasteiger partial charge in [-0.25, -0.2) is 4.99 Å². The summed E-state index contributed by atoms with van der Waals surface area (Å²) in [6, 6.07) is 0. The van der Waals surface area contributed by atoms with Gasteiger partial charge in [0.2, 0.25) is 5.91 Å². The highest BCUT2D eigenvalue weighted by molar-refractivity contribution is 5.85. The third-order valence-corrected chi connectivity index (χ3v) is 4.26. The van der Waals surface area contributed by atoms with Crippen LogP contribution in [-0.4, -0.2) is 76.4 Å². The van der Waals surface area contributed by atoms with E-state index in [0.29, 0.717) is 13.2 Å². The lowest BCUT2D eigenvalue weighted by molar-refractivity contribution is -0.119. The SMILES string of the molecule is CCNC(=NCC(=O)NCCOC)N1CCC2(CCOC2)C1. The fourth-order valence-electron chi connectivity index (χ4n) is 3.01. The molecule has 0 aromatic rings. The highest BCUT2D eigenvalue weighted by atomic mass is 16.5. The van der Waals surface area contributed by atoms with Crippen LogP contribution >= 0.6 is 0 Å². The highest BCUT2D eigenvalue weighted by Gasteiger charge is 2.42. The van der Waals surface area contributed by atoms with Crippen molar-refractivity contribution in [3.05, 3.63) is 0 Å². The van der Waals surface area contributed by atoms with Crippen LogP contribution in [0.25, 0.3) is 0 Å². The van der Waals surface area contributed by atoms with Gasteiger partial charge in [-0.1, -0.05) is 0 Å². The molecule has 1 atom stereocenters. The molecule has 1 amide bonds. The summed E-state index contributed by atoms with van der Waals surface area (Å²) in [4.78, 5) is 18.5. The Labute approximate surface area is 132 Å². The van der Waals surface area contributed by atoms with Crippen LogP contribution < -0.4 is 10.6 Å². The molecule has 2 N–H and O–H groups in total. The highest BCUT2D eigenvalue weighted by Crippen LogP contribution is 2.38. The Morgan fingerprint density at radius 1 is 1.41 bits per heavy atom. The number of likely N-dealkylation sites (tertiary alicyclic amines) is 1. The molecule has 126 valence electrons. The smallest absolute Gasteiger partial charge is 0.241 e. The molecule has 2 aliphatic rings. The zero-order valence-electron chi connectivity index (χ0n) is 13.7. The van der Waals surface area contributed by atoms with Crippen molar-refractivity contribution in [3.8, 4) is 0 Å². The summed E-state index contributed by atoms with van der Waals surface area (Å²) < 4.78 is 10.5. The molecule has 1 unspecified atom stereocenters. The summed E-state index contributed by atoms with van der Waals surface area (Å²) in [5.41, 5.74) is 0.289. The van der Waals surface area contributed by atoms with Crippen LogP contribution in [0.4, 0.5) is 0 Å². The first-order chi connectivity index (χ1) is 10.7. The normalized spacial score (nSPS) is 25.0. The van der Waals surface area contributed by atoms with Gasteiger partial charge in [0, 0.05) is 45.3 Å². The molecule has 1 spiro atoms. The van der Waals surface area contributed by atoms with Crippen LogP contribution in [0.1, 0.15) is 19.8 Å². The van der Waals surface area contributed by atoms with E-state index < -0.39 is 0 Å². The number of hydrogen-bond acceptors (Lipinski definition) is 4. The van der Waals surface area contributed by atoms with Crippen LogP contribution in [-0.2, 0) is 14.3 Å². The molecule has 2 rings (SSSR count). The molecular weight excluding hydrogens is 284 g/mol. The Kier molecular flexibility index (Phi) is 6.45. The van der Waals surface area contributed by atoms with Gasteiger partial charge >= 0.3 is 0 Å². The number of nitrogens with zero attached hydrogens (tertiary/aromatic N) is 2. The number of carbonyl (C=O) groups excluding carboxylic acids is 1. The lowest BCUT2D eigenvalue weighted by atomic mass is 9.87. The summed E-state index contributed by atoms with van der Waals surface area (Å²) >= 11 is 0. The number of guanidine groups is 1. The maximum Gasteiger partial charge on any atom is 0.241 e. The largest absolute Gasteiger partial charge is 0.383 e. The molecule has 0 aromatic carbocycles. The predicted molar refractivity (Wildman–Crippen MR) is 84.9 cm³/mol. The van der Waals surface area contributed by atoms with E-state index in [1.807, 2.05) is 6.92 Å². The number of amides is 1.